The van der Waals surface area contributed by atoms with Crippen LogP contribution in [0, 0.1) is 5.41 Å². The second kappa shape index (κ2) is 4.94. The summed E-state index contributed by atoms with van der Waals surface area (Å²) in [5.41, 5.74) is 2.47. The van der Waals surface area contributed by atoms with Gasteiger partial charge in [0.1, 0.15) is 0 Å². The molecule has 1 aliphatic carbocycles. The highest BCUT2D eigenvalue weighted by molar-refractivity contribution is 5.16. The van der Waals surface area contributed by atoms with Crippen molar-refractivity contribution in [2.45, 2.75) is 64.5 Å². The van der Waals surface area contributed by atoms with Crippen molar-refractivity contribution in [3.8, 4) is 0 Å². The Kier molecular flexibility index (Phi) is 3.42. The Morgan fingerprint density at radius 3 is 2.37 bits per heavy atom. The van der Waals surface area contributed by atoms with Gasteiger partial charge in [0.05, 0.1) is 0 Å². The topological polar surface area (TPSA) is 3.24 Å². The average Bonchev–Trinajstić information content (AvgIpc) is 2.62. The van der Waals surface area contributed by atoms with E-state index in [-0.39, 0.29) is 0 Å². The van der Waals surface area contributed by atoms with Crippen LogP contribution in [0.5, 0.6) is 0 Å². The van der Waals surface area contributed by atoms with Crippen LogP contribution in [0.3, 0.4) is 0 Å². The number of benzene rings is 1. The van der Waals surface area contributed by atoms with Crippen molar-refractivity contribution in [1.82, 2.24) is 4.90 Å². The minimum atomic E-state index is 0.368. The predicted octanol–water partition coefficient (Wildman–Crippen LogP) is 4.62. The summed E-state index contributed by atoms with van der Waals surface area (Å²) in [6, 6.07) is 11.0. The molecule has 0 amide bonds. The summed E-state index contributed by atoms with van der Waals surface area (Å²) < 4.78 is 0. The lowest BCUT2D eigenvalue weighted by molar-refractivity contribution is 0.157. The maximum atomic E-state index is 2.73. The van der Waals surface area contributed by atoms with Gasteiger partial charge in [-0.05, 0) is 44.1 Å². The van der Waals surface area contributed by atoms with Crippen molar-refractivity contribution >= 4 is 0 Å². The van der Waals surface area contributed by atoms with Crippen LogP contribution >= 0.6 is 0 Å². The highest BCUT2D eigenvalue weighted by atomic mass is 15.2. The Labute approximate surface area is 118 Å². The Bertz CT molecular complexity index is 415. The van der Waals surface area contributed by atoms with E-state index < -0.39 is 0 Å². The van der Waals surface area contributed by atoms with Crippen LogP contribution in [0.25, 0.3) is 0 Å². The minimum Gasteiger partial charge on any atom is -0.293 e. The SMILES string of the molecule is CC1(C)CC2(CCCCC2)CN1Cc1ccccc1. The molecule has 3 rings (SSSR count). The molecule has 2 aliphatic rings. The van der Waals surface area contributed by atoms with Crippen LogP contribution < -0.4 is 0 Å². The van der Waals surface area contributed by atoms with Gasteiger partial charge in [-0.2, -0.15) is 0 Å². The van der Waals surface area contributed by atoms with Gasteiger partial charge >= 0.3 is 0 Å². The van der Waals surface area contributed by atoms with E-state index in [1.807, 2.05) is 0 Å². The summed E-state index contributed by atoms with van der Waals surface area (Å²) in [5.74, 6) is 0. The molecule has 19 heavy (non-hydrogen) atoms. The second-order valence-corrected chi connectivity index (χ2v) is 7.39. The molecule has 0 radical (unpaired) electrons. The lowest BCUT2D eigenvalue weighted by Gasteiger charge is -2.33. The molecule has 0 atom stereocenters. The van der Waals surface area contributed by atoms with Crippen LogP contribution in [0.1, 0.15) is 57.9 Å². The average molecular weight is 257 g/mol. The van der Waals surface area contributed by atoms with E-state index in [9.17, 15) is 0 Å². The van der Waals surface area contributed by atoms with Gasteiger partial charge in [0.25, 0.3) is 0 Å². The first-order valence-electron chi connectivity index (χ1n) is 7.89. The summed E-state index contributed by atoms with van der Waals surface area (Å²) in [4.78, 5) is 2.73. The molecular formula is C18H27N. The van der Waals surface area contributed by atoms with Gasteiger partial charge in [0, 0.05) is 18.6 Å². The zero-order valence-corrected chi connectivity index (χ0v) is 12.5. The predicted molar refractivity (Wildman–Crippen MR) is 81.1 cm³/mol. The standard InChI is InChI=1S/C18H27N/c1-17(2)14-18(11-7-4-8-12-18)15-19(17)13-16-9-5-3-6-10-16/h3,5-6,9-10H,4,7-8,11-15H2,1-2H3. The fraction of sp³-hybridized carbons (Fsp3) is 0.667. The molecule has 0 unspecified atom stereocenters. The molecule has 1 aliphatic heterocycles. The molecule has 1 saturated carbocycles. The molecule has 2 fully saturated rings. The molecule has 1 heteroatoms. The van der Waals surface area contributed by atoms with E-state index in [1.54, 1.807) is 0 Å². The third-order valence-electron chi connectivity index (χ3n) is 5.32. The van der Waals surface area contributed by atoms with Gasteiger partial charge in [0.15, 0.2) is 0 Å². The fourth-order valence-electron chi connectivity index (χ4n) is 4.41. The van der Waals surface area contributed by atoms with Gasteiger partial charge < -0.3 is 0 Å². The summed E-state index contributed by atoms with van der Waals surface area (Å²) in [5, 5.41) is 0. The molecule has 0 aromatic heterocycles. The Morgan fingerprint density at radius 2 is 1.68 bits per heavy atom. The molecule has 104 valence electrons. The van der Waals surface area contributed by atoms with Crippen molar-refractivity contribution < 1.29 is 0 Å². The van der Waals surface area contributed by atoms with Crippen molar-refractivity contribution in [3.63, 3.8) is 0 Å². The third-order valence-corrected chi connectivity index (χ3v) is 5.32. The molecule has 1 aromatic rings. The van der Waals surface area contributed by atoms with Gasteiger partial charge in [0.2, 0.25) is 0 Å². The summed E-state index contributed by atoms with van der Waals surface area (Å²) in [6.45, 7) is 7.32. The van der Waals surface area contributed by atoms with Crippen LogP contribution in [0.2, 0.25) is 0 Å². The highest BCUT2D eigenvalue weighted by Gasteiger charge is 2.47. The third kappa shape index (κ3) is 2.72. The number of nitrogens with zero attached hydrogens (tertiary/aromatic N) is 1. The number of rotatable bonds is 2. The maximum Gasteiger partial charge on any atom is 0.0239 e. The quantitative estimate of drug-likeness (QED) is 0.747. The van der Waals surface area contributed by atoms with Gasteiger partial charge in [-0.3, -0.25) is 4.90 Å². The van der Waals surface area contributed by atoms with E-state index in [0.29, 0.717) is 11.0 Å². The molecule has 1 spiro atoms. The molecule has 0 N–H and O–H groups in total. The van der Waals surface area contributed by atoms with Crippen molar-refractivity contribution in [3.05, 3.63) is 35.9 Å². The lowest BCUT2D eigenvalue weighted by Crippen LogP contribution is -2.37. The Morgan fingerprint density at radius 1 is 1.00 bits per heavy atom. The van der Waals surface area contributed by atoms with E-state index in [1.165, 1.54) is 50.6 Å². The zero-order valence-electron chi connectivity index (χ0n) is 12.5. The van der Waals surface area contributed by atoms with E-state index >= 15 is 0 Å². The normalized spacial score (nSPS) is 25.8. The van der Waals surface area contributed by atoms with Gasteiger partial charge in [-0.1, -0.05) is 49.6 Å². The summed E-state index contributed by atoms with van der Waals surface area (Å²) in [6.07, 6.45) is 8.68. The molecule has 1 heterocycles. The number of hydrogen-bond acceptors (Lipinski definition) is 1. The van der Waals surface area contributed by atoms with Crippen LogP contribution in [0.15, 0.2) is 30.3 Å². The smallest absolute Gasteiger partial charge is 0.0239 e. The van der Waals surface area contributed by atoms with Crippen molar-refractivity contribution in [1.29, 1.82) is 0 Å². The van der Waals surface area contributed by atoms with E-state index in [4.69, 9.17) is 0 Å². The van der Waals surface area contributed by atoms with E-state index in [2.05, 4.69) is 49.1 Å². The lowest BCUT2D eigenvalue weighted by atomic mass is 9.71. The van der Waals surface area contributed by atoms with Crippen molar-refractivity contribution in [2.75, 3.05) is 6.54 Å². The highest BCUT2D eigenvalue weighted by Crippen LogP contribution is 2.50. The molecule has 1 nitrogen and oxygen atoms in total. The molecule has 1 aromatic carbocycles. The molecule has 1 saturated heterocycles. The Balaban J connectivity index is 1.74. The van der Waals surface area contributed by atoms with Crippen LogP contribution in [-0.2, 0) is 6.54 Å². The number of hydrogen-bond donors (Lipinski definition) is 0. The van der Waals surface area contributed by atoms with Gasteiger partial charge in [-0.15, -0.1) is 0 Å². The monoisotopic (exact) mass is 257 g/mol. The fourth-order valence-corrected chi connectivity index (χ4v) is 4.41. The largest absolute Gasteiger partial charge is 0.293 e. The molecular weight excluding hydrogens is 230 g/mol. The molecule has 0 bridgehead atoms. The Hall–Kier alpha value is -0.820. The van der Waals surface area contributed by atoms with Crippen LogP contribution in [-0.4, -0.2) is 17.0 Å². The maximum absolute atomic E-state index is 2.73. The van der Waals surface area contributed by atoms with Crippen LogP contribution in [0.4, 0.5) is 0 Å². The first-order chi connectivity index (χ1) is 9.10. The van der Waals surface area contributed by atoms with Gasteiger partial charge in [-0.25, -0.2) is 0 Å². The first kappa shape index (κ1) is 13.2. The van der Waals surface area contributed by atoms with Crippen molar-refractivity contribution in [2.24, 2.45) is 5.41 Å². The summed E-state index contributed by atoms with van der Waals surface area (Å²) in [7, 11) is 0. The second-order valence-electron chi connectivity index (χ2n) is 7.39. The summed E-state index contributed by atoms with van der Waals surface area (Å²) >= 11 is 0. The minimum absolute atomic E-state index is 0.368. The number of likely N-dealkylation sites (tertiary alicyclic amines) is 1. The first-order valence-corrected chi connectivity index (χ1v) is 7.89. The van der Waals surface area contributed by atoms with E-state index in [0.717, 1.165) is 6.54 Å². The zero-order chi connectivity index (χ0) is 13.3.